The molecule has 0 saturated carbocycles. The van der Waals surface area contributed by atoms with E-state index in [4.69, 9.17) is 104 Å². The van der Waals surface area contributed by atoms with Gasteiger partial charge in [-0.2, -0.15) is 0 Å². The first kappa shape index (κ1) is 67.0. The molecule has 7 nitrogen and oxygen atoms in total. The largest absolute Gasteiger partial charge is 0.480 e. The minimum atomic E-state index is -0.968. The fourth-order valence-electron chi connectivity index (χ4n) is 12.4. The van der Waals surface area contributed by atoms with Crippen molar-refractivity contribution in [2.45, 2.75) is 92.8 Å². The maximum Gasteiger partial charge on any atom is 0.317 e. The van der Waals surface area contributed by atoms with Gasteiger partial charge in [-0.1, -0.05) is 196 Å². The van der Waals surface area contributed by atoms with Gasteiger partial charge in [0.25, 0.3) is 0 Å². The first-order chi connectivity index (χ1) is 40.3. The van der Waals surface area contributed by atoms with E-state index < -0.39 is 12.1 Å². The van der Waals surface area contributed by atoms with Gasteiger partial charge in [0.2, 0.25) is 0 Å². The van der Waals surface area contributed by atoms with E-state index in [1.165, 1.54) is 48.1 Å². The fraction of sp³-hybridized carbons (Fsp3) is 0.265. The Bertz CT molecular complexity index is 3680. The maximum absolute atomic E-state index is 12.0. The predicted molar refractivity (Wildman–Crippen MR) is 363 cm³/mol. The number of carboxylic acid groups (broad SMARTS) is 1. The molecule has 0 aliphatic heterocycles. The van der Waals surface area contributed by atoms with Crippen LogP contribution in [-0.4, -0.2) is 53.6 Å². The number of fused-ring (bicyclic) bond motifs is 4. The van der Waals surface area contributed by atoms with E-state index in [-0.39, 0.29) is 48.7 Å². The van der Waals surface area contributed by atoms with Crippen LogP contribution < -0.4 is 11.1 Å². The van der Waals surface area contributed by atoms with Gasteiger partial charge in [0.1, 0.15) is 6.10 Å². The zero-order chi connectivity index (χ0) is 59.9. The van der Waals surface area contributed by atoms with Crippen LogP contribution in [-0.2, 0) is 4.79 Å². The van der Waals surface area contributed by atoms with Crippen molar-refractivity contribution >= 4 is 140 Å². The number of nitrogens with two attached hydrogens (primary N) is 1. The lowest BCUT2D eigenvalue weighted by Crippen LogP contribution is -2.33. The Labute approximate surface area is 558 Å². The zero-order valence-corrected chi connectivity index (χ0v) is 55.4. The smallest absolute Gasteiger partial charge is 0.317 e. The van der Waals surface area contributed by atoms with E-state index in [2.05, 4.69) is 94.6 Å². The van der Waals surface area contributed by atoms with Crippen LogP contribution >= 0.6 is 128 Å². The number of nitrogens with zero attached hydrogens (tertiary/aromatic N) is 1. The van der Waals surface area contributed by atoms with Crippen molar-refractivity contribution in [1.82, 2.24) is 10.2 Å². The van der Waals surface area contributed by atoms with E-state index in [1.54, 1.807) is 24.3 Å². The molecule has 8 aromatic rings. The van der Waals surface area contributed by atoms with Crippen molar-refractivity contribution in [2.24, 2.45) is 5.73 Å². The van der Waals surface area contributed by atoms with Gasteiger partial charge in [-0.05, 0) is 203 Å². The number of hydrogen-bond donors (Lipinski definition) is 4. The Hall–Kier alpha value is -3.92. The number of ketones is 1. The lowest BCUT2D eigenvalue weighted by Gasteiger charge is -2.36. The van der Waals surface area contributed by atoms with E-state index in [1.807, 2.05) is 91.8 Å². The van der Waals surface area contributed by atoms with Crippen LogP contribution in [0.15, 0.2) is 164 Å². The van der Waals surface area contributed by atoms with Crippen LogP contribution in [0.5, 0.6) is 0 Å². The summed E-state index contributed by atoms with van der Waals surface area (Å²) in [4.78, 5) is 25.0. The van der Waals surface area contributed by atoms with E-state index >= 15 is 0 Å². The Balaban J connectivity index is 0.000000147. The summed E-state index contributed by atoms with van der Waals surface area (Å²) in [5.74, 6) is -0.0419. The highest BCUT2D eigenvalue weighted by atomic mass is 127. The van der Waals surface area contributed by atoms with Crippen LogP contribution in [0.4, 0.5) is 0 Å². The highest BCUT2D eigenvalue weighted by molar-refractivity contribution is 14.1. The Morgan fingerprint density at radius 3 is 1.41 bits per heavy atom. The van der Waals surface area contributed by atoms with Gasteiger partial charge in [0, 0.05) is 50.9 Å². The Morgan fingerprint density at radius 2 is 0.929 bits per heavy atom. The summed E-state index contributed by atoms with van der Waals surface area (Å²) in [5.41, 5.74) is 20.1. The van der Waals surface area contributed by atoms with E-state index in [9.17, 15) is 14.7 Å². The Morgan fingerprint density at radius 1 is 0.518 bits per heavy atom. The molecule has 5 N–H and O–H groups in total. The van der Waals surface area contributed by atoms with Gasteiger partial charge in [-0.3, -0.25) is 14.5 Å². The van der Waals surface area contributed by atoms with Crippen molar-refractivity contribution in [3.63, 3.8) is 0 Å². The molecule has 0 saturated heterocycles. The van der Waals surface area contributed by atoms with Crippen LogP contribution in [0.2, 0.25) is 40.2 Å². The van der Waals surface area contributed by atoms with Crippen molar-refractivity contribution in [3.8, 4) is 0 Å². The van der Waals surface area contributed by atoms with Crippen molar-refractivity contribution in [1.29, 1.82) is 0 Å². The van der Waals surface area contributed by atoms with Gasteiger partial charge in [0.05, 0.1) is 46.7 Å². The highest BCUT2D eigenvalue weighted by Gasteiger charge is 2.35. The number of nitrogens with one attached hydrogen (secondary N) is 1. The number of aliphatic hydroxyl groups excluding tert-OH is 1. The summed E-state index contributed by atoms with van der Waals surface area (Å²) in [6.45, 7) is 0.0381. The second-order valence-electron chi connectivity index (χ2n) is 21.6. The lowest BCUT2D eigenvalue weighted by atomic mass is 9.76. The number of halogens is 10. The monoisotopic (exact) mass is 1430 g/mol. The topological polar surface area (TPSA) is 116 Å². The molecular weight excluding hydrogens is 1370 g/mol. The number of carbonyl (C=O) groups excluding carboxylic acids is 1. The number of carboxylic acids is 1. The van der Waals surface area contributed by atoms with Gasteiger partial charge in [-0.25, -0.2) is 0 Å². The number of aliphatic hydroxyl groups is 1. The third-order valence-electron chi connectivity index (χ3n) is 16.6. The second-order valence-corrected chi connectivity index (χ2v) is 26.1. The van der Waals surface area contributed by atoms with Gasteiger partial charge in [-0.15, -0.1) is 12.4 Å². The summed E-state index contributed by atoms with van der Waals surface area (Å²) < 4.78 is 1.28. The molecule has 0 radical (unpaired) electrons. The minimum absolute atomic E-state index is 0. The van der Waals surface area contributed by atoms with Crippen LogP contribution in [0.1, 0.15) is 158 Å². The minimum Gasteiger partial charge on any atom is -0.480 e. The second kappa shape index (κ2) is 30.5. The molecule has 12 rings (SSSR count). The molecule has 8 aromatic carbocycles. The van der Waals surface area contributed by atoms with Crippen LogP contribution in [0, 0.1) is 3.57 Å². The lowest BCUT2D eigenvalue weighted by molar-refractivity contribution is -0.138. The van der Waals surface area contributed by atoms with Crippen molar-refractivity contribution < 1.29 is 19.8 Å². The molecule has 444 valence electrons. The summed E-state index contributed by atoms with van der Waals surface area (Å²) in [5, 5.41) is 27.1. The normalized spacial score (nSPS) is 20.9. The molecule has 8 atom stereocenters. The molecule has 0 spiro atoms. The molecule has 0 heterocycles. The first-order valence-corrected chi connectivity index (χ1v) is 31.8. The van der Waals surface area contributed by atoms with Crippen LogP contribution in [0.3, 0.4) is 0 Å². The first-order valence-electron chi connectivity index (χ1n) is 27.7. The standard InChI is InChI=1S/C19H19Cl2NO2.C17H16Cl2IN.C16H15Cl2N.C16H12Cl2O2.ClH/c1-22(11-19(23)24)18-9-7-13(14-4-2-3-5-15(14)18)12-6-8-16(20)17(21)10-12;1-21-17-7-5-12(10-2-6-15(18)16(19)8-10)13-4-3-11(20)9-14(13)17;17-14-7-5-10(9-15(14)18)11-6-8-16(19)13-4-2-1-3-12(11)13;17-13-6-5-9(7-14(13)18)12-8-15(19)16(20)11-4-2-1-3-10(11)12;/h2-6,8,10,13,18H,7,9,11H2,1H3,(H,23,24);2-4,6,8-9,12,17,21H,5,7H2,1H3;1-5,7,9,11,16H,6,8,19H2;1-7,12,15,19H,8H2;1H/t13-,18-;12-,17-;11-,16-;12-,15+;/m0000./s1. The predicted octanol–water partition coefficient (Wildman–Crippen LogP) is 20.2. The summed E-state index contributed by atoms with van der Waals surface area (Å²) in [7, 11) is 3.91. The molecule has 85 heavy (non-hydrogen) atoms. The summed E-state index contributed by atoms with van der Waals surface area (Å²) in [6, 6.07) is 54.7. The van der Waals surface area contributed by atoms with Crippen molar-refractivity contribution in [3.05, 3.63) is 274 Å². The number of Topliss-reactive ketones (excluding diaryl/α,β-unsaturated/α-hetero) is 1. The van der Waals surface area contributed by atoms with Crippen molar-refractivity contribution in [2.75, 3.05) is 20.6 Å². The molecule has 0 unspecified atom stereocenters. The van der Waals surface area contributed by atoms with E-state index in [0.717, 1.165) is 55.2 Å². The number of carbonyl (C=O) groups is 2. The molecule has 0 bridgehead atoms. The van der Waals surface area contributed by atoms with Gasteiger partial charge in [0.15, 0.2) is 5.78 Å². The zero-order valence-electron chi connectivity index (χ0n) is 46.4. The van der Waals surface area contributed by atoms with Gasteiger partial charge < -0.3 is 21.3 Å². The fourth-order valence-corrected chi connectivity index (χ4v) is 14.2. The SMILES string of the molecule is CN(CC(=O)O)[C@H]1CC[C@@H](c2ccc(Cl)c(Cl)c2)c2ccccc21.CN[C@H]1CC[C@@H](c2ccc(Cl)c(Cl)c2)c2ccc(I)cc21.Cl.N[C@H]1CC[C@@H](c2ccc(Cl)c(Cl)c2)c2ccccc21.O=C1c2ccccc2[C@H](c2ccc(Cl)c(Cl)c2)C[C@H]1O. The maximum atomic E-state index is 12.0. The highest BCUT2D eigenvalue weighted by Crippen LogP contribution is 2.47. The molecule has 4 aliphatic carbocycles. The molecule has 0 aromatic heterocycles. The third-order valence-corrected chi connectivity index (χ3v) is 20.2. The third kappa shape index (κ3) is 15.9. The summed E-state index contributed by atoms with van der Waals surface area (Å²) in [6.07, 6.45) is 5.57. The summed E-state index contributed by atoms with van der Waals surface area (Å²) >= 11 is 51.0. The average molecular weight is 1430 g/mol. The Kier molecular flexibility index (Phi) is 24.1. The number of aliphatic carboxylic acids is 1. The molecule has 0 fully saturated rings. The number of rotatable bonds is 8. The number of benzene rings is 8. The van der Waals surface area contributed by atoms with Gasteiger partial charge >= 0.3 is 5.97 Å². The number of likely N-dealkylation sites (N-methyl/N-ethyl adjacent to an activating group) is 1. The molecule has 0 amide bonds. The average Bonchev–Trinajstić information content (AvgIpc) is 1.92. The number of hydrogen-bond acceptors (Lipinski definition) is 6. The molecule has 4 aliphatic rings. The quantitative estimate of drug-likeness (QED) is 0.112. The van der Waals surface area contributed by atoms with E-state index in [0.29, 0.717) is 70.0 Å². The molecular formula is C68H63Cl9IN3O4. The molecule has 17 heteroatoms. The van der Waals surface area contributed by atoms with Crippen LogP contribution in [0.25, 0.3) is 0 Å².